The molecule has 0 aliphatic carbocycles. The predicted molar refractivity (Wildman–Crippen MR) is 86.5 cm³/mol. The van der Waals surface area contributed by atoms with Gasteiger partial charge in [-0.2, -0.15) is 0 Å². The molecule has 1 N–H and O–H groups in total. The van der Waals surface area contributed by atoms with E-state index in [0.29, 0.717) is 10.3 Å². The van der Waals surface area contributed by atoms with Gasteiger partial charge in [-0.15, -0.1) is 11.3 Å². The standard InChI is InChI=1S/C15H15FN2OS2/c1-8-4-5-14(21-8)9(2)18-12-7-13(19-3)10(16)6-11(12)17-15(18)20/h4-7,9H,1-3H3,(H,17,20). The number of hydrogen-bond acceptors (Lipinski definition) is 3. The summed E-state index contributed by atoms with van der Waals surface area (Å²) >= 11 is 7.15. The number of hydrogen-bond donors (Lipinski definition) is 1. The third-order valence-corrected chi connectivity index (χ3v) is 5.02. The number of imidazole rings is 1. The summed E-state index contributed by atoms with van der Waals surface area (Å²) in [6, 6.07) is 7.39. The lowest BCUT2D eigenvalue weighted by Crippen LogP contribution is -2.05. The largest absolute Gasteiger partial charge is 0.494 e. The molecule has 2 heterocycles. The van der Waals surface area contributed by atoms with Crippen LogP contribution >= 0.6 is 23.6 Å². The molecule has 0 radical (unpaired) electrons. The molecule has 3 rings (SSSR count). The fourth-order valence-electron chi connectivity index (χ4n) is 2.47. The lowest BCUT2D eigenvalue weighted by atomic mass is 10.2. The Balaban J connectivity index is 2.22. The number of nitrogens with one attached hydrogen (secondary N) is 1. The van der Waals surface area contributed by atoms with Crippen LogP contribution in [-0.4, -0.2) is 16.7 Å². The van der Waals surface area contributed by atoms with Crippen molar-refractivity contribution in [1.82, 2.24) is 9.55 Å². The third-order valence-electron chi connectivity index (χ3n) is 3.55. The van der Waals surface area contributed by atoms with E-state index in [-0.39, 0.29) is 11.8 Å². The van der Waals surface area contributed by atoms with E-state index in [2.05, 4.69) is 31.0 Å². The summed E-state index contributed by atoms with van der Waals surface area (Å²) in [5.74, 6) is -0.173. The summed E-state index contributed by atoms with van der Waals surface area (Å²) in [6.07, 6.45) is 0. The van der Waals surface area contributed by atoms with Crippen LogP contribution in [0.4, 0.5) is 4.39 Å². The lowest BCUT2D eigenvalue weighted by molar-refractivity contribution is 0.387. The molecule has 0 spiro atoms. The van der Waals surface area contributed by atoms with Crippen LogP contribution < -0.4 is 4.74 Å². The van der Waals surface area contributed by atoms with Crippen molar-refractivity contribution in [2.24, 2.45) is 0 Å². The monoisotopic (exact) mass is 322 g/mol. The highest BCUT2D eigenvalue weighted by atomic mass is 32.1. The minimum Gasteiger partial charge on any atom is -0.494 e. The van der Waals surface area contributed by atoms with Crippen LogP contribution in [0.3, 0.4) is 0 Å². The Labute approximate surface area is 131 Å². The quantitative estimate of drug-likeness (QED) is 0.700. The summed E-state index contributed by atoms with van der Waals surface area (Å²) in [5.41, 5.74) is 1.52. The van der Waals surface area contributed by atoms with E-state index in [1.165, 1.54) is 22.9 Å². The number of fused-ring (bicyclic) bond motifs is 1. The van der Waals surface area contributed by atoms with Gasteiger partial charge in [0, 0.05) is 21.9 Å². The van der Waals surface area contributed by atoms with E-state index in [9.17, 15) is 4.39 Å². The van der Waals surface area contributed by atoms with Gasteiger partial charge < -0.3 is 14.3 Å². The Bertz CT molecular complexity index is 862. The maximum Gasteiger partial charge on any atom is 0.178 e. The molecule has 110 valence electrons. The predicted octanol–water partition coefficient (Wildman–Crippen LogP) is 4.83. The highest BCUT2D eigenvalue weighted by Gasteiger charge is 2.17. The van der Waals surface area contributed by atoms with Gasteiger partial charge >= 0.3 is 0 Å². The Hall–Kier alpha value is -1.66. The SMILES string of the molecule is COc1cc2c(cc1F)[nH]c(=S)n2C(C)c1ccc(C)s1. The topological polar surface area (TPSA) is 29.9 Å². The van der Waals surface area contributed by atoms with Gasteiger partial charge in [-0.05, 0) is 38.2 Å². The van der Waals surface area contributed by atoms with E-state index in [4.69, 9.17) is 17.0 Å². The second kappa shape index (κ2) is 5.27. The molecule has 0 amide bonds. The normalized spacial score (nSPS) is 12.8. The minimum atomic E-state index is -0.395. The van der Waals surface area contributed by atoms with Gasteiger partial charge in [-0.1, -0.05) is 0 Å². The average molecular weight is 322 g/mol. The number of thiophene rings is 1. The number of aromatic amines is 1. The van der Waals surface area contributed by atoms with Crippen molar-refractivity contribution in [1.29, 1.82) is 0 Å². The Morgan fingerprint density at radius 3 is 2.76 bits per heavy atom. The van der Waals surface area contributed by atoms with Crippen molar-refractivity contribution in [3.05, 3.63) is 44.6 Å². The zero-order valence-electron chi connectivity index (χ0n) is 11.9. The van der Waals surface area contributed by atoms with Crippen LogP contribution in [-0.2, 0) is 0 Å². The van der Waals surface area contributed by atoms with E-state index >= 15 is 0 Å². The summed E-state index contributed by atoms with van der Waals surface area (Å²) in [7, 11) is 1.46. The van der Waals surface area contributed by atoms with Gasteiger partial charge in [0.05, 0.1) is 24.2 Å². The molecule has 0 aliphatic rings. The second-order valence-corrected chi connectivity index (χ2v) is 6.63. The molecule has 1 aromatic carbocycles. The molecule has 0 aliphatic heterocycles. The van der Waals surface area contributed by atoms with Gasteiger partial charge in [0.25, 0.3) is 0 Å². The minimum absolute atomic E-state index is 0.0834. The highest BCUT2D eigenvalue weighted by Crippen LogP contribution is 2.31. The van der Waals surface area contributed by atoms with E-state index < -0.39 is 5.82 Å². The molecule has 1 unspecified atom stereocenters. The highest BCUT2D eigenvalue weighted by molar-refractivity contribution is 7.71. The van der Waals surface area contributed by atoms with Gasteiger partial charge in [0.15, 0.2) is 16.3 Å². The molecule has 3 nitrogen and oxygen atoms in total. The molecular weight excluding hydrogens is 307 g/mol. The zero-order chi connectivity index (χ0) is 15.1. The average Bonchev–Trinajstić information content (AvgIpc) is 3.00. The zero-order valence-corrected chi connectivity index (χ0v) is 13.6. The number of benzene rings is 1. The van der Waals surface area contributed by atoms with Crippen LogP contribution in [0.1, 0.15) is 22.7 Å². The first-order valence-corrected chi connectivity index (χ1v) is 7.78. The molecule has 2 aromatic heterocycles. The van der Waals surface area contributed by atoms with Crippen molar-refractivity contribution in [2.75, 3.05) is 7.11 Å². The van der Waals surface area contributed by atoms with Gasteiger partial charge in [0.1, 0.15) is 0 Å². The number of aromatic nitrogens is 2. The van der Waals surface area contributed by atoms with Crippen molar-refractivity contribution < 1.29 is 9.13 Å². The van der Waals surface area contributed by atoms with Crippen LogP contribution in [0.2, 0.25) is 0 Å². The maximum absolute atomic E-state index is 13.8. The fourth-order valence-corrected chi connectivity index (χ4v) is 3.76. The van der Waals surface area contributed by atoms with Gasteiger partial charge in [-0.3, -0.25) is 0 Å². The lowest BCUT2D eigenvalue weighted by Gasteiger charge is -2.13. The molecule has 21 heavy (non-hydrogen) atoms. The Kier molecular flexibility index (Phi) is 3.59. The first kappa shape index (κ1) is 14.3. The van der Waals surface area contributed by atoms with Crippen molar-refractivity contribution in [3.8, 4) is 5.75 Å². The second-order valence-electron chi connectivity index (χ2n) is 4.93. The summed E-state index contributed by atoms with van der Waals surface area (Å²) in [6.45, 7) is 4.16. The molecule has 6 heteroatoms. The van der Waals surface area contributed by atoms with E-state index in [1.807, 2.05) is 4.57 Å². The number of nitrogens with zero attached hydrogens (tertiary/aromatic N) is 1. The Morgan fingerprint density at radius 1 is 1.38 bits per heavy atom. The Morgan fingerprint density at radius 2 is 2.14 bits per heavy atom. The van der Waals surface area contributed by atoms with E-state index in [0.717, 1.165) is 5.52 Å². The molecular formula is C15H15FN2OS2. The first-order valence-electron chi connectivity index (χ1n) is 6.55. The molecule has 0 saturated carbocycles. The van der Waals surface area contributed by atoms with Gasteiger partial charge in [-0.25, -0.2) is 4.39 Å². The van der Waals surface area contributed by atoms with Crippen molar-refractivity contribution in [3.63, 3.8) is 0 Å². The summed E-state index contributed by atoms with van der Waals surface area (Å²) < 4.78 is 21.5. The van der Waals surface area contributed by atoms with Crippen LogP contribution in [0.5, 0.6) is 5.75 Å². The number of rotatable bonds is 3. The number of aryl methyl sites for hydroxylation is 1. The summed E-state index contributed by atoms with van der Waals surface area (Å²) in [4.78, 5) is 5.54. The molecule has 0 fully saturated rings. The first-order chi connectivity index (χ1) is 10.0. The number of H-pyrrole nitrogens is 1. The number of ether oxygens (including phenoxy) is 1. The van der Waals surface area contributed by atoms with Crippen molar-refractivity contribution >= 4 is 34.6 Å². The number of halogens is 1. The maximum atomic E-state index is 13.8. The van der Waals surface area contributed by atoms with Crippen molar-refractivity contribution in [2.45, 2.75) is 19.9 Å². The third kappa shape index (κ3) is 2.38. The number of methoxy groups -OCH3 is 1. The molecule has 3 aromatic rings. The van der Waals surface area contributed by atoms with Crippen LogP contribution in [0, 0.1) is 17.5 Å². The van der Waals surface area contributed by atoms with Gasteiger partial charge in [0.2, 0.25) is 0 Å². The molecule has 0 saturated heterocycles. The molecule has 0 bridgehead atoms. The van der Waals surface area contributed by atoms with Crippen LogP contribution in [0.25, 0.3) is 11.0 Å². The van der Waals surface area contributed by atoms with Crippen LogP contribution in [0.15, 0.2) is 24.3 Å². The fraction of sp³-hybridized carbons (Fsp3) is 0.267. The molecule has 1 atom stereocenters. The summed E-state index contributed by atoms with van der Waals surface area (Å²) in [5, 5.41) is 0. The smallest absolute Gasteiger partial charge is 0.178 e. The van der Waals surface area contributed by atoms with E-state index in [1.54, 1.807) is 17.4 Å².